The number of carbonyl (C=O) groups excluding carboxylic acids is 1. The number of aromatic nitrogens is 1. The van der Waals surface area contributed by atoms with E-state index < -0.39 is 15.6 Å². The lowest BCUT2D eigenvalue weighted by atomic mass is 9.81. The zero-order chi connectivity index (χ0) is 17.2. The van der Waals surface area contributed by atoms with Crippen molar-refractivity contribution in [2.45, 2.75) is 43.4 Å². The van der Waals surface area contributed by atoms with Crippen LogP contribution in [-0.2, 0) is 20.6 Å². The van der Waals surface area contributed by atoms with Crippen LogP contribution in [0, 0.1) is 0 Å². The molecule has 1 aromatic rings. The van der Waals surface area contributed by atoms with E-state index >= 15 is 0 Å². The first-order valence-electron chi connectivity index (χ1n) is 8.36. The van der Waals surface area contributed by atoms with Crippen molar-refractivity contribution < 1.29 is 17.7 Å². The molecule has 1 aliphatic heterocycles. The van der Waals surface area contributed by atoms with Gasteiger partial charge >= 0.3 is 0 Å². The molecule has 134 valence electrons. The predicted molar refractivity (Wildman–Crippen MR) is 87.3 cm³/mol. The van der Waals surface area contributed by atoms with Gasteiger partial charge in [-0.2, -0.15) is 4.31 Å². The first-order chi connectivity index (χ1) is 11.4. The minimum absolute atomic E-state index is 0.0317. The number of piperazine rings is 1. The van der Waals surface area contributed by atoms with Crippen LogP contribution in [0.1, 0.15) is 37.8 Å². The summed E-state index contributed by atoms with van der Waals surface area (Å²) in [6.45, 7) is 1.36. The summed E-state index contributed by atoms with van der Waals surface area (Å²) in [5.41, 5.74) is 5.92. The molecule has 2 heterocycles. The number of hydrogen-bond donors (Lipinski definition) is 1. The van der Waals surface area contributed by atoms with Gasteiger partial charge in [-0.25, -0.2) is 8.42 Å². The van der Waals surface area contributed by atoms with Gasteiger partial charge in [0.15, 0.2) is 0 Å². The first-order valence-corrected chi connectivity index (χ1v) is 9.97. The van der Waals surface area contributed by atoms with Crippen LogP contribution in [0.4, 0.5) is 0 Å². The molecule has 1 saturated heterocycles. The van der Waals surface area contributed by atoms with Crippen molar-refractivity contribution >= 4 is 15.9 Å². The SMILES string of the molecule is NC1(C(=O)N2CCN(S(=O)(=O)Cc3ccon3)CC2)CCCCC1. The Kier molecular flexibility index (Phi) is 4.93. The molecular formula is C15H24N4O4S. The topological polar surface area (TPSA) is 110 Å². The fourth-order valence-corrected chi connectivity index (χ4v) is 4.90. The van der Waals surface area contributed by atoms with Crippen molar-refractivity contribution in [3.63, 3.8) is 0 Å². The third-order valence-electron chi connectivity index (χ3n) is 4.91. The number of rotatable bonds is 4. The Morgan fingerprint density at radius 3 is 2.46 bits per heavy atom. The lowest BCUT2D eigenvalue weighted by Crippen LogP contribution is -2.60. The van der Waals surface area contributed by atoms with Gasteiger partial charge in [0.05, 0.1) is 11.2 Å². The Morgan fingerprint density at radius 2 is 1.88 bits per heavy atom. The van der Waals surface area contributed by atoms with Crippen LogP contribution in [0.3, 0.4) is 0 Å². The van der Waals surface area contributed by atoms with Gasteiger partial charge in [-0.15, -0.1) is 0 Å². The molecule has 2 aliphatic rings. The molecule has 1 saturated carbocycles. The molecule has 0 aromatic carbocycles. The van der Waals surface area contributed by atoms with Crippen LogP contribution in [0.2, 0.25) is 0 Å². The predicted octanol–water partition coefficient (Wildman–Crippen LogP) is 0.310. The Hall–Kier alpha value is -1.45. The Balaban J connectivity index is 1.58. The minimum Gasteiger partial charge on any atom is -0.364 e. The summed E-state index contributed by atoms with van der Waals surface area (Å²) in [5.74, 6) is -0.214. The molecule has 0 radical (unpaired) electrons. The van der Waals surface area contributed by atoms with Crippen LogP contribution in [0.5, 0.6) is 0 Å². The van der Waals surface area contributed by atoms with Gasteiger partial charge in [0, 0.05) is 32.2 Å². The van der Waals surface area contributed by atoms with Crippen LogP contribution in [-0.4, -0.2) is 60.4 Å². The average Bonchev–Trinajstić information content (AvgIpc) is 3.07. The van der Waals surface area contributed by atoms with Crippen LogP contribution in [0.15, 0.2) is 16.9 Å². The zero-order valence-corrected chi connectivity index (χ0v) is 14.5. The second-order valence-electron chi connectivity index (χ2n) is 6.66. The van der Waals surface area contributed by atoms with E-state index in [9.17, 15) is 13.2 Å². The van der Waals surface area contributed by atoms with Crippen molar-refractivity contribution in [3.05, 3.63) is 18.0 Å². The summed E-state index contributed by atoms with van der Waals surface area (Å²) in [6, 6.07) is 1.54. The Morgan fingerprint density at radius 1 is 1.21 bits per heavy atom. The fraction of sp³-hybridized carbons (Fsp3) is 0.733. The Labute approximate surface area is 142 Å². The number of carbonyl (C=O) groups is 1. The molecule has 0 spiro atoms. The van der Waals surface area contributed by atoms with Crippen LogP contribution < -0.4 is 5.73 Å². The van der Waals surface area contributed by atoms with Crippen LogP contribution in [0.25, 0.3) is 0 Å². The molecular weight excluding hydrogens is 332 g/mol. The Bertz CT molecular complexity index is 660. The van der Waals surface area contributed by atoms with E-state index in [0.29, 0.717) is 31.9 Å². The lowest BCUT2D eigenvalue weighted by molar-refractivity contribution is -0.139. The molecule has 0 atom stereocenters. The molecule has 2 fully saturated rings. The van der Waals surface area contributed by atoms with Crippen molar-refractivity contribution in [1.29, 1.82) is 0 Å². The summed E-state index contributed by atoms with van der Waals surface area (Å²) in [6.07, 6.45) is 5.88. The first kappa shape index (κ1) is 17.4. The van der Waals surface area contributed by atoms with Gasteiger partial charge in [-0.3, -0.25) is 4.79 Å². The van der Waals surface area contributed by atoms with E-state index in [1.54, 1.807) is 11.0 Å². The molecule has 1 aromatic heterocycles. The summed E-state index contributed by atoms with van der Waals surface area (Å²) >= 11 is 0. The van der Waals surface area contributed by atoms with Gasteiger partial charge in [-0.05, 0) is 12.8 Å². The van der Waals surface area contributed by atoms with Gasteiger partial charge < -0.3 is 15.2 Å². The molecule has 24 heavy (non-hydrogen) atoms. The smallest absolute Gasteiger partial charge is 0.242 e. The van der Waals surface area contributed by atoms with Crippen molar-refractivity contribution in [2.75, 3.05) is 26.2 Å². The van der Waals surface area contributed by atoms with Crippen molar-refractivity contribution in [3.8, 4) is 0 Å². The molecule has 3 rings (SSSR count). The third-order valence-corrected chi connectivity index (χ3v) is 6.72. The van der Waals surface area contributed by atoms with Gasteiger partial charge in [0.1, 0.15) is 12.0 Å². The van der Waals surface area contributed by atoms with E-state index in [1.807, 2.05) is 0 Å². The highest BCUT2D eigenvalue weighted by Crippen LogP contribution is 2.28. The van der Waals surface area contributed by atoms with Crippen LogP contribution >= 0.6 is 0 Å². The fourth-order valence-electron chi connectivity index (χ4n) is 3.47. The number of sulfonamides is 1. The molecule has 0 bridgehead atoms. The maximum absolute atomic E-state index is 12.7. The monoisotopic (exact) mass is 356 g/mol. The molecule has 1 amide bonds. The second kappa shape index (κ2) is 6.81. The largest absolute Gasteiger partial charge is 0.364 e. The second-order valence-corrected chi connectivity index (χ2v) is 8.62. The standard InChI is InChI=1S/C15H24N4O4S/c16-15(5-2-1-3-6-15)14(20)18-7-9-19(10-8-18)24(21,22)12-13-4-11-23-17-13/h4,11H,1-3,5-10,12,16H2. The molecule has 9 heteroatoms. The number of amides is 1. The molecule has 0 unspecified atom stereocenters. The van der Waals surface area contributed by atoms with Gasteiger partial charge in [-0.1, -0.05) is 24.4 Å². The number of hydrogen-bond acceptors (Lipinski definition) is 6. The van der Waals surface area contributed by atoms with Crippen molar-refractivity contribution in [1.82, 2.24) is 14.4 Å². The summed E-state index contributed by atoms with van der Waals surface area (Å²) in [4.78, 5) is 14.4. The number of nitrogens with two attached hydrogens (primary N) is 1. The van der Waals surface area contributed by atoms with E-state index in [-0.39, 0.29) is 11.7 Å². The van der Waals surface area contributed by atoms with E-state index in [1.165, 1.54) is 10.6 Å². The number of nitrogens with zero attached hydrogens (tertiary/aromatic N) is 3. The van der Waals surface area contributed by atoms with Gasteiger partial charge in [0.25, 0.3) is 0 Å². The maximum Gasteiger partial charge on any atom is 0.242 e. The van der Waals surface area contributed by atoms with Gasteiger partial charge in [0.2, 0.25) is 15.9 Å². The highest BCUT2D eigenvalue weighted by molar-refractivity contribution is 7.88. The molecule has 8 nitrogen and oxygen atoms in total. The lowest BCUT2D eigenvalue weighted by Gasteiger charge is -2.40. The minimum atomic E-state index is -3.45. The average molecular weight is 356 g/mol. The third kappa shape index (κ3) is 3.62. The summed E-state index contributed by atoms with van der Waals surface area (Å²) in [5, 5.41) is 3.65. The zero-order valence-electron chi connectivity index (χ0n) is 13.7. The highest BCUT2D eigenvalue weighted by atomic mass is 32.2. The van der Waals surface area contributed by atoms with E-state index in [0.717, 1.165) is 32.1 Å². The van der Waals surface area contributed by atoms with E-state index in [2.05, 4.69) is 9.68 Å². The molecule has 2 N–H and O–H groups in total. The van der Waals surface area contributed by atoms with E-state index in [4.69, 9.17) is 5.73 Å². The summed E-state index contributed by atoms with van der Waals surface area (Å²) in [7, 11) is -3.45. The van der Waals surface area contributed by atoms with Crippen molar-refractivity contribution in [2.24, 2.45) is 5.73 Å². The highest BCUT2D eigenvalue weighted by Gasteiger charge is 2.40. The quantitative estimate of drug-likeness (QED) is 0.831. The maximum atomic E-state index is 12.7. The molecule has 1 aliphatic carbocycles. The summed E-state index contributed by atoms with van der Waals surface area (Å²) < 4.78 is 30.9. The normalized spacial score (nSPS) is 22.5.